The number of nitrogens with one attached hydrogen (secondary N) is 3. The van der Waals surface area contributed by atoms with Crippen LogP contribution >= 0.6 is 0 Å². The van der Waals surface area contributed by atoms with Gasteiger partial charge in [-0.25, -0.2) is 54.8 Å². The second-order valence-corrected chi connectivity index (χ2v) is 20.5. The van der Waals surface area contributed by atoms with E-state index in [4.69, 9.17) is 84.7 Å². The number of hydrogen-bond donors (Lipinski definition) is 18. The van der Waals surface area contributed by atoms with Crippen molar-refractivity contribution in [2.75, 3.05) is 93.9 Å². The lowest BCUT2D eigenvalue weighted by Crippen LogP contribution is -2.23. The standard InChI is InChI=1S/C10H15N5O3.C10H15N5O2.C9H13N5O4.C8H11N5O3.C8H11N5O.C7H9N5O/c11-10-13-8-7(9(18)14-10)12-5-15(8)2-1-6(3-16)4-17;11-10-12-3-8-9(14-10)15(6-13-8)2-1-7(4-16)5-17;10-9-12-7-6(8(17)13-9)11-3-14(7)4-18-5(1-15)2-16;9-8-11-6-5(7(15)12-8)10-3-13(6)4-16-2-1-14;1-5(14)2-13-4-12-6-7(9)10-3-11-8(6)13;8-6-5-7(10-3-9-6)12(1-2-13)4-11-5/h5-6,16-17H,1-4H2,(H3,11,13,14,18);3,6-7,16-17H,1-2,4-5H2,(H2,11,12,14);3,5,15-16H,1-2,4H2,(H3,10,12,13,17);3,14H,1-2,4H2,(H3,9,11,12,15);3-5,14H,2H2,1H3,(H2,9,10,11);3-4,13H,1-2H2,(H2,8,9,10). The number of fused-ring (bicyclic) bond motifs is 6. The Kier molecular flexibility index (Phi) is 26.7. The smallest absolute Gasteiger partial charge is 0.280 e. The van der Waals surface area contributed by atoms with Crippen LogP contribution in [0.3, 0.4) is 0 Å². The monoisotopic (exact) mass is 1340 g/mol. The Hall–Kier alpha value is -10.9. The van der Waals surface area contributed by atoms with E-state index in [0.29, 0.717) is 95.4 Å². The highest BCUT2D eigenvalue weighted by Gasteiger charge is 2.16. The summed E-state index contributed by atoms with van der Waals surface area (Å²) in [6, 6.07) is 0. The molecule has 0 bridgehead atoms. The molecule has 12 aromatic rings. The van der Waals surface area contributed by atoms with Gasteiger partial charge in [0.25, 0.3) is 16.7 Å². The quantitative estimate of drug-likeness (QED) is 0.0265. The van der Waals surface area contributed by atoms with Crippen molar-refractivity contribution in [1.82, 2.24) is 117 Å². The van der Waals surface area contributed by atoms with E-state index < -0.39 is 17.8 Å². The molecule has 0 radical (unpaired) electrons. The van der Waals surface area contributed by atoms with E-state index in [2.05, 4.69) is 89.7 Å². The first-order valence-corrected chi connectivity index (χ1v) is 28.9. The number of aryl methyl sites for hydroxylation is 2. The van der Waals surface area contributed by atoms with Crippen molar-refractivity contribution in [3.05, 3.63) is 87.9 Å². The predicted molar refractivity (Wildman–Crippen MR) is 342 cm³/mol. The fourth-order valence-corrected chi connectivity index (χ4v) is 8.48. The minimum absolute atomic E-state index is 0.00181. The van der Waals surface area contributed by atoms with Crippen molar-refractivity contribution in [3.8, 4) is 0 Å². The molecule has 0 aliphatic heterocycles. The third-order valence-corrected chi connectivity index (χ3v) is 13.4. The average molecular weight is 1340 g/mol. The van der Waals surface area contributed by atoms with Gasteiger partial charge in [0.15, 0.2) is 62.1 Å². The van der Waals surface area contributed by atoms with E-state index in [9.17, 15) is 19.5 Å². The van der Waals surface area contributed by atoms with Crippen LogP contribution in [0, 0.1) is 11.8 Å². The second-order valence-electron chi connectivity index (χ2n) is 20.5. The van der Waals surface area contributed by atoms with Gasteiger partial charge in [-0.2, -0.15) is 19.9 Å². The maximum absolute atomic E-state index is 11.5. The molecule has 0 saturated heterocycles. The number of nitrogens with two attached hydrogens (primary N) is 6. The van der Waals surface area contributed by atoms with Crippen LogP contribution in [0.25, 0.3) is 67.0 Å². The van der Waals surface area contributed by atoms with Gasteiger partial charge in [-0.05, 0) is 19.8 Å². The van der Waals surface area contributed by atoms with Gasteiger partial charge in [0, 0.05) is 57.9 Å². The Balaban J connectivity index is 0.000000163. The highest BCUT2D eigenvalue weighted by molar-refractivity contribution is 5.82. The molecule has 44 nitrogen and oxygen atoms in total. The molecule has 516 valence electrons. The van der Waals surface area contributed by atoms with E-state index in [0.717, 1.165) is 0 Å². The molecule has 12 heterocycles. The number of aromatic nitrogens is 24. The first-order chi connectivity index (χ1) is 46.3. The van der Waals surface area contributed by atoms with Crippen molar-refractivity contribution in [2.24, 2.45) is 11.8 Å². The first kappa shape index (κ1) is 72.5. The number of imidazole rings is 6. The van der Waals surface area contributed by atoms with E-state index >= 15 is 0 Å². The highest BCUT2D eigenvalue weighted by Crippen LogP contribution is 2.17. The Labute approximate surface area is 538 Å². The Bertz CT molecular complexity index is 4460. The molecule has 96 heavy (non-hydrogen) atoms. The van der Waals surface area contributed by atoms with Crippen molar-refractivity contribution < 1.29 is 55.4 Å². The van der Waals surface area contributed by atoms with Crippen molar-refractivity contribution in [1.29, 1.82) is 0 Å². The van der Waals surface area contributed by atoms with Crippen LogP contribution < -0.4 is 51.1 Å². The number of hydrogen-bond acceptors (Lipinski definition) is 35. The summed E-state index contributed by atoms with van der Waals surface area (Å²) in [5.41, 5.74) is 37.3. The zero-order valence-corrected chi connectivity index (χ0v) is 51.4. The summed E-state index contributed by atoms with van der Waals surface area (Å²) < 4.78 is 20.3. The third kappa shape index (κ3) is 19.1. The molecule has 0 spiro atoms. The van der Waals surface area contributed by atoms with Crippen LogP contribution in [-0.2, 0) is 49.1 Å². The average Bonchev–Trinajstić information content (AvgIpc) is 1.50. The van der Waals surface area contributed by atoms with Crippen LogP contribution in [0.5, 0.6) is 0 Å². The predicted octanol–water partition coefficient (Wildman–Crippen LogP) is -6.02. The lowest BCUT2D eigenvalue weighted by atomic mass is 10.1. The van der Waals surface area contributed by atoms with Gasteiger partial charge in [-0.3, -0.25) is 38.5 Å². The molecule has 44 heteroatoms. The molecule has 0 aromatic carbocycles. The molecule has 0 saturated carbocycles. The summed E-state index contributed by atoms with van der Waals surface area (Å²) in [4.78, 5) is 101. The number of nitrogen functional groups attached to an aromatic ring is 6. The minimum Gasteiger partial charge on any atom is -0.396 e. The largest absolute Gasteiger partial charge is 0.396 e. The Morgan fingerprint density at radius 3 is 1.32 bits per heavy atom. The number of rotatable bonds is 23. The van der Waals surface area contributed by atoms with Crippen molar-refractivity contribution in [2.45, 2.75) is 71.6 Å². The number of nitrogens with zero attached hydrogens (tertiary/aromatic N) is 21. The number of aliphatic hydroxyl groups is 9. The van der Waals surface area contributed by atoms with Crippen LogP contribution in [0.4, 0.5) is 35.4 Å². The number of ether oxygens (including phenoxy) is 2. The zero-order valence-electron chi connectivity index (χ0n) is 51.4. The summed E-state index contributed by atoms with van der Waals surface area (Å²) >= 11 is 0. The summed E-state index contributed by atoms with van der Waals surface area (Å²) in [5.74, 6) is 0.668. The summed E-state index contributed by atoms with van der Waals surface area (Å²) in [7, 11) is 0. The van der Waals surface area contributed by atoms with Gasteiger partial charge in [-0.15, -0.1) is 0 Å². The minimum atomic E-state index is -0.693. The SMILES string of the molecule is CC(O)Cn1cnc2c(N)ncnc21.Nc1nc2c(ncn2CCC(CO)CO)c(=O)[nH]1.Nc1nc2c(ncn2COC(CO)CO)c(=O)[nH]1.Nc1nc2c(ncn2COCCO)c(=O)[nH]1.Nc1ncc2ncn(CCC(CO)CO)c2n1.Nc1ncnc2c1ncn2CCO. The molecule has 1 atom stereocenters. The van der Waals surface area contributed by atoms with Crippen LogP contribution in [0.1, 0.15) is 19.8 Å². The summed E-state index contributed by atoms with van der Waals surface area (Å²) in [5, 5.41) is 80.2. The molecule has 12 rings (SSSR count). The van der Waals surface area contributed by atoms with Gasteiger partial charge in [0.1, 0.15) is 48.8 Å². The second kappa shape index (κ2) is 35.4. The number of aromatic amines is 3. The molecule has 24 N–H and O–H groups in total. The fourth-order valence-electron chi connectivity index (χ4n) is 8.48. The van der Waals surface area contributed by atoms with Crippen molar-refractivity contribution in [3.63, 3.8) is 0 Å². The maximum Gasteiger partial charge on any atom is 0.280 e. The first-order valence-electron chi connectivity index (χ1n) is 28.9. The van der Waals surface area contributed by atoms with Gasteiger partial charge in [0.2, 0.25) is 23.8 Å². The van der Waals surface area contributed by atoms with Gasteiger partial charge < -0.3 is 108 Å². The normalized spacial score (nSPS) is 11.6. The summed E-state index contributed by atoms with van der Waals surface area (Å²) in [6.45, 7) is 3.26. The van der Waals surface area contributed by atoms with E-state index in [1.807, 2.05) is 4.57 Å². The van der Waals surface area contributed by atoms with Crippen molar-refractivity contribution >= 4 is 102 Å². The Morgan fingerprint density at radius 2 is 0.865 bits per heavy atom. The third-order valence-electron chi connectivity index (χ3n) is 13.4. The van der Waals surface area contributed by atoms with E-state index in [-0.39, 0.29) is 142 Å². The van der Waals surface area contributed by atoms with E-state index in [1.165, 1.54) is 40.8 Å². The number of H-pyrrole nitrogens is 3. The van der Waals surface area contributed by atoms with Gasteiger partial charge >= 0.3 is 0 Å². The van der Waals surface area contributed by atoms with Gasteiger partial charge in [-0.1, -0.05) is 0 Å². The molecule has 0 aliphatic rings. The molecule has 1 unspecified atom stereocenters. The lowest BCUT2D eigenvalue weighted by Gasteiger charge is -2.12. The topological polar surface area (TPSA) is 678 Å². The zero-order chi connectivity index (χ0) is 69.4. The maximum atomic E-state index is 11.5. The van der Waals surface area contributed by atoms with E-state index in [1.54, 1.807) is 45.8 Å². The van der Waals surface area contributed by atoms with Gasteiger partial charge in [0.05, 0.1) is 89.8 Å². The molecule has 0 fully saturated rings. The molecule has 0 aliphatic carbocycles. The lowest BCUT2D eigenvalue weighted by molar-refractivity contribution is -0.0488. The fraction of sp³-hybridized carbons (Fsp3) is 0.423. The Morgan fingerprint density at radius 1 is 0.448 bits per heavy atom. The molecular weight excluding hydrogens is 1270 g/mol. The highest BCUT2D eigenvalue weighted by atomic mass is 16.5. The summed E-state index contributed by atoms with van der Waals surface area (Å²) in [6.07, 6.45) is 13.6. The van der Waals surface area contributed by atoms with Crippen LogP contribution in [0.2, 0.25) is 0 Å². The molecule has 12 aromatic heterocycles. The van der Waals surface area contributed by atoms with Crippen LogP contribution in [0.15, 0.2) is 71.2 Å². The number of anilines is 6. The molecule has 0 amide bonds. The molecular formula is C52H74N30O14. The number of aliphatic hydroxyl groups excluding tert-OH is 9. The van der Waals surface area contributed by atoms with Crippen LogP contribution in [-0.4, -0.2) is 235 Å².